The van der Waals surface area contributed by atoms with Crippen molar-refractivity contribution in [1.29, 1.82) is 0 Å². The van der Waals surface area contributed by atoms with Crippen molar-refractivity contribution < 1.29 is 9.21 Å². The summed E-state index contributed by atoms with van der Waals surface area (Å²) in [6, 6.07) is 12.8. The molecule has 0 radical (unpaired) electrons. The SMILES string of the molecule is CC1C(NC(=O)c2ccc(-c3ccc(N4CCCC4)cc3)o2)C2CCN1CC2. The van der Waals surface area contributed by atoms with Gasteiger partial charge in [-0.3, -0.25) is 9.69 Å². The number of fused-ring (bicyclic) bond motifs is 3. The molecule has 4 aliphatic rings. The number of furan rings is 1. The maximum atomic E-state index is 12.8. The van der Waals surface area contributed by atoms with Gasteiger partial charge in [-0.1, -0.05) is 0 Å². The standard InChI is InChI=1S/C23H29N3O2/c1-16-22(18-10-14-25(16)15-11-18)24-23(27)21-9-8-20(28-21)17-4-6-19(7-5-17)26-12-2-3-13-26/h4-9,16,18,22H,2-3,10-15H2,1H3,(H,24,27). The van der Waals surface area contributed by atoms with Gasteiger partial charge in [0.2, 0.25) is 0 Å². The molecule has 4 saturated heterocycles. The Bertz CT molecular complexity index is 828. The first-order chi connectivity index (χ1) is 13.7. The minimum absolute atomic E-state index is 0.0921. The van der Waals surface area contributed by atoms with Gasteiger partial charge in [0, 0.05) is 36.4 Å². The fraction of sp³-hybridized carbons (Fsp3) is 0.522. The van der Waals surface area contributed by atoms with E-state index >= 15 is 0 Å². The van der Waals surface area contributed by atoms with Gasteiger partial charge in [0.05, 0.1) is 0 Å². The first-order valence-corrected chi connectivity index (χ1v) is 10.7. The number of amides is 1. The minimum atomic E-state index is -0.0921. The smallest absolute Gasteiger partial charge is 0.287 e. The summed E-state index contributed by atoms with van der Waals surface area (Å²) in [7, 11) is 0. The number of carbonyl (C=O) groups excluding carboxylic acids is 1. The Morgan fingerprint density at radius 1 is 1.00 bits per heavy atom. The first-order valence-electron chi connectivity index (χ1n) is 10.7. The molecule has 2 aromatic rings. The summed E-state index contributed by atoms with van der Waals surface area (Å²) in [6.07, 6.45) is 4.91. The van der Waals surface area contributed by atoms with E-state index < -0.39 is 0 Å². The van der Waals surface area contributed by atoms with E-state index in [1.165, 1.54) is 31.4 Å². The van der Waals surface area contributed by atoms with Crippen molar-refractivity contribution in [2.75, 3.05) is 31.1 Å². The molecule has 0 saturated carbocycles. The van der Waals surface area contributed by atoms with Crippen molar-refractivity contribution in [3.8, 4) is 11.3 Å². The minimum Gasteiger partial charge on any atom is -0.451 e. The zero-order valence-corrected chi connectivity index (χ0v) is 16.6. The van der Waals surface area contributed by atoms with Crippen molar-refractivity contribution in [3.63, 3.8) is 0 Å². The van der Waals surface area contributed by atoms with Crippen LogP contribution in [0.3, 0.4) is 0 Å². The van der Waals surface area contributed by atoms with Crippen molar-refractivity contribution in [3.05, 3.63) is 42.2 Å². The van der Waals surface area contributed by atoms with Crippen LogP contribution in [0.1, 0.15) is 43.2 Å². The van der Waals surface area contributed by atoms with E-state index in [9.17, 15) is 4.79 Å². The fourth-order valence-electron chi connectivity index (χ4n) is 5.19. The lowest BCUT2D eigenvalue weighted by Gasteiger charge is -2.49. The Morgan fingerprint density at radius 2 is 1.71 bits per heavy atom. The van der Waals surface area contributed by atoms with Crippen LogP contribution in [-0.2, 0) is 0 Å². The van der Waals surface area contributed by atoms with Crippen LogP contribution in [0.5, 0.6) is 0 Å². The summed E-state index contributed by atoms with van der Waals surface area (Å²) in [5, 5.41) is 3.25. The van der Waals surface area contributed by atoms with Crippen LogP contribution in [0.4, 0.5) is 5.69 Å². The van der Waals surface area contributed by atoms with Crippen LogP contribution in [0.2, 0.25) is 0 Å². The van der Waals surface area contributed by atoms with E-state index in [-0.39, 0.29) is 11.9 Å². The summed E-state index contributed by atoms with van der Waals surface area (Å²) >= 11 is 0. The van der Waals surface area contributed by atoms with Crippen LogP contribution in [0, 0.1) is 5.92 Å². The topological polar surface area (TPSA) is 48.7 Å². The van der Waals surface area contributed by atoms with Gasteiger partial charge in [-0.25, -0.2) is 0 Å². The molecule has 2 atom stereocenters. The third-order valence-corrected chi connectivity index (χ3v) is 6.93. The number of hydrogen-bond donors (Lipinski definition) is 1. The molecule has 1 aromatic carbocycles. The Kier molecular flexibility index (Phi) is 4.63. The van der Waals surface area contributed by atoms with Crippen molar-refractivity contribution >= 4 is 11.6 Å². The van der Waals surface area contributed by atoms with Gasteiger partial charge >= 0.3 is 0 Å². The van der Waals surface area contributed by atoms with Gasteiger partial charge in [0.15, 0.2) is 5.76 Å². The quantitative estimate of drug-likeness (QED) is 0.879. The molecule has 5 heteroatoms. The van der Waals surface area contributed by atoms with Gasteiger partial charge < -0.3 is 14.6 Å². The Hall–Kier alpha value is -2.27. The average molecular weight is 380 g/mol. The lowest BCUT2D eigenvalue weighted by Crippen LogP contribution is -2.62. The molecule has 4 aliphatic heterocycles. The molecule has 6 rings (SSSR count). The van der Waals surface area contributed by atoms with E-state index in [1.807, 2.05) is 6.07 Å². The molecule has 5 heterocycles. The Balaban J connectivity index is 1.27. The van der Waals surface area contributed by atoms with Gasteiger partial charge in [-0.2, -0.15) is 0 Å². The molecule has 1 amide bonds. The number of hydrogen-bond acceptors (Lipinski definition) is 4. The van der Waals surface area contributed by atoms with Crippen molar-refractivity contribution in [2.24, 2.45) is 5.92 Å². The molecule has 148 valence electrons. The number of nitrogens with one attached hydrogen (secondary N) is 1. The first kappa shape index (κ1) is 17.8. The summed E-state index contributed by atoms with van der Waals surface area (Å²) in [5.41, 5.74) is 2.28. The van der Waals surface area contributed by atoms with E-state index in [4.69, 9.17) is 4.42 Å². The normalized spacial score (nSPS) is 29.2. The monoisotopic (exact) mass is 379 g/mol. The van der Waals surface area contributed by atoms with Gasteiger partial charge in [0.1, 0.15) is 5.76 Å². The molecule has 0 aliphatic carbocycles. The molecule has 28 heavy (non-hydrogen) atoms. The van der Waals surface area contributed by atoms with Crippen molar-refractivity contribution in [2.45, 2.75) is 44.7 Å². The highest BCUT2D eigenvalue weighted by atomic mass is 16.3. The largest absolute Gasteiger partial charge is 0.451 e. The highest BCUT2D eigenvalue weighted by molar-refractivity contribution is 5.92. The van der Waals surface area contributed by atoms with Gasteiger partial charge in [-0.15, -0.1) is 0 Å². The molecule has 1 aromatic heterocycles. The van der Waals surface area contributed by atoms with Crippen LogP contribution in [-0.4, -0.2) is 49.1 Å². The number of carbonyl (C=O) groups is 1. The Morgan fingerprint density at radius 3 is 2.39 bits per heavy atom. The third kappa shape index (κ3) is 3.22. The zero-order valence-electron chi connectivity index (χ0n) is 16.6. The van der Waals surface area contributed by atoms with E-state index in [2.05, 4.69) is 46.3 Å². The zero-order chi connectivity index (χ0) is 19.1. The second-order valence-electron chi connectivity index (χ2n) is 8.52. The van der Waals surface area contributed by atoms with E-state index in [0.717, 1.165) is 37.5 Å². The van der Waals surface area contributed by atoms with Crippen LogP contribution >= 0.6 is 0 Å². The maximum absolute atomic E-state index is 12.8. The highest BCUT2D eigenvalue weighted by Crippen LogP contribution is 2.32. The predicted molar refractivity (Wildman–Crippen MR) is 111 cm³/mol. The maximum Gasteiger partial charge on any atom is 0.287 e. The van der Waals surface area contributed by atoms with E-state index in [0.29, 0.717) is 17.7 Å². The number of benzene rings is 1. The average Bonchev–Trinajstić information content (AvgIpc) is 3.43. The van der Waals surface area contributed by atoms with Crippen LogP contribution < -0.4 is 10.2 Å². The second kappa shape index (κ2) is 7.28. The molecule has 4 fully saturated rings. The van der Waals surface area contributed by atoms with Gasteiger partial charge in [0.25, 0.3) is 5.91 Å². The number of piperidine rings is 3. The molecule has 2 unspecified atom stereocenters. The Labute approximate surface area is 166 Å². The number of rotatable bonds is 4. The lowest BCUT2D eigenvalue weighted by atomic mass is 9.79. The second-order valence-corrected chi connectivity index (χ2v) is 8.52. The van der Waals surface area contributed by atoms with Crippen LogP contribution in [0.25, 0.3) is 11.3 Å². The predicted octanol–water partition coefficient (Wildman–Crippen LogP) is 3.76. The molecule has 0 spiro atoms. The molecule has 2 bridgehead atoms. The van der Waals surface area contributed by atoms with Crippen molar-refractivity contribution in [1.82, 2.24) is 10.2 Å². The van der Waals surface area contributed by atoms with Crippen LogP contribution in [0.15, 0.2) is 40.8 Å². The summed E-state index contributed by atoms with van der Waals surface area (Å²) in [5.74, 6) is 1.66. The molecule has 1 N–H and O–H groups in total. The molecule has 5 nitrogen and oxygen atoms in total. The highest BCUT2D eigenvalue weighted by Gasteiger charge is 2.40. The molecular weight excluding hydrogens is 350 g/mol. The fourth-order valence-corrected chi connectivity index (χ4v) is 5.19. The van der Waals surface area contributed by atoms with Gasteiger partial charge in [-0.05, 0) is 88.0 Å². The summed E-state index contributed by atoms with van der Waals surface area (Å²) in [4.78, 5) is 17.7. The number of nitrogens with zero attached hydrogens (tertiary/aromatic N) is 2. The van der Waals surface area contributed by atoms with E-state index in [1.54, 1.807) is 6.07 Å². The number of anilines is 1. The molecular formula is C23H29N3O2. The lowest BCUT2D eigenvalue weighted by molar-refractivity contribution is 0.0211. The third-order valence-electron chi connectivity index (χ3n) is 6.93. The summed E-state index contributed by atoms with van der Waals surface area (Å²) < 4.78 is 5.91. The summed E-state index contributed by atoms with van der Waals surface area (Å²) in [6.45, 7) is 6.84.